The van der Waals surface area contributed by atoms with Crippen molar-refractivity contribution in [1.29, 1.82) is 0 Å². The van der Waals surface area contributed by atoms with E-state index in [0.717, 1.165) is 13.0 Å². The van der Waals surface area contributed by atoms with Gasteiger partial charge in [0.15, 0.2) is 0 Å². The summed E-state index contributed by atoms with van der Waals surface area (Å²) < 4.78 is 5.07. The van der Waals surface area contributed by atoms with Gasteiger partial charge in [0.25, 0.3) is 0 Å². The third-order valence-electron chi connectivity index (χ3n) is 3.06. The van der Waals surface area contributed by atoms with Crippen LogP contribution in [0.4, 0.5) is 0 Å². The molecule has 0 heterocycles. The molecule has 1 atom stereocenters. The van der Waals surface area contributed by atoms with Gasteiger partial charge in [0, 0.05) is 25.3 Å². The third-order valence-corrected chi connectivity index (χ3v) is 3.06. The second-order valence-corrected chi connectivity index (χ2v) is 4.59. The molecule has 13 heavy (non-hydrogen) atoms. The van der Waals surface area contributed by atoms with Crippen LogP contribution in [0.5, 0.6) is 0 Å². The molecule has 2 heteroatoms. The molecule has 0 amide bonds. The van der Waals surface area contributed by atoms with Gasteiger partial charge in [-0.1, -0.05) is 12.8 Å². The second-order valence-electron chi connectivity index (χ2n) is 4.59. The highest BCUT2D eigenvalue weighted by Gasteiger charge is 2.29. The molecule has 0 aromatic carbocycles. The minimum absolute atomic E-state index is 0.410. The Labute approximate surface area is 82.0 Å². The molecule has 0 aromatic rings. The summed E-state index contributed by atoms with van der Waals surface area (Å²) in [5.74, 6) is 0. The Morgan fingerprint density at radius 1 is 1.38 bits per heavy atom. The second kappa shape index (κ2) is 4.97. The van der Waals surface area contributed by atoms with Crippen molar-refractivity contribution in [2.75, 3.05) is 13.7 Å². The Morgan fingerprint density at radius 3 is 2.54 bits per heavy atom. The molecule has 0 aliphatic heterocycles. The summed E-state index contributed by atoms with van der Waals surface area (Å²) in [4.78, 5) is 0. The van der Waals surface area contributed by atoms with E-state index in [1.165, 1.54) is 25.7 Å². The molecule has 1 N–H and O–H groups in total. The highest BCUT2D eigenvalue weighted by atomic mass is 16.5. The lowest BCUT2D eigenvalue weighted by molar-refractivity contribution is 0.176. The standard InChI is InChI=1S/C11H23NO/c1-10(6-9-13-3)12-11(2)7-4-5-8-11/h10,12H,4-9H2,1-3H3. The van der Waals surface area contributed by atoms with E-state index < -0.39 is 0 Å². The maximum Gasteiger partial charge on any atom is 0.0476 e. The smallest absolute Gasteiger partial charge is 0.0476 e. The van der Waals surface area contributed by atoms with E-state index in [9.17, 15) is 0 Å². The summed E-state index contributed by atoms with van der Waals surface area (Å²) in [6.45, 7) is 5.47. The highest BCUT2D eigenvalue weighted by molar-refractivity contribution is 4.89. The third kappa shape index (κ3) is 3.65. The summed E-state index contributed by atoms with van der Waals surface area (Å²) in [5.41, 5.74) is 0.410. The van der Waals surface area contributed by atoms with Crippen LogP contribution in [0.25, 0.3) is 0 Å². The fourth-order valence-corrected chi connectivity index (χ4v) is 2.26. The molecule has 0 bridgehead atoms. The van der Waals surface area contributed by atoms with Crippen LogP contribution in [0, 0.1) is 0 Å². The van der Waals surface area contributed by atoms with Gasteiger partial charge in [-0.15, -0.1) is 0 Å². The lowest BCUT2D eigenvalue weighted by Crippen LogP contribution is -2.45. The van der Waals surface area contributed by atoms with Crippen LogP contribution in [0.2, 0.25) is 0 Å². The van der Waals surface area contributed by atoms with E-state index in [4.69, 9.17) is 4.74 Å². The molecule has 1 aliphatic rings. The molecule has 1 aliphatic carbocycles. The quantitative estimate of drug-likeness (QED) is 0.710. The van der Waals surface area contributed by atoms with Crippen molar-refractivity contribution < 1.29 is 4.74 Å². The van der Waals surface area contributed by atoms with Gasteiger partial charge in [-0.3, -0.25) is 0 Å². The van der Waals surface area contributed by atoms with Crippen molar-refractivity contribution in [2.45, 2.75) is 57.5 Å². The van der Waals surface area contributed by atoms with Crippen molar-refractivity contribution >= 4 is 0 Å². The molecule has 0 aromatic heterocycles. The first-order chi connectivity index (χ1) is 6.16. The molecule has 1 saturated carbocycles. The van der Waals surface area contributed by atoms with E-state index in [-0.39, 0.29) is 0 Å². The topological polar surface area (TPSA) is 21.3 Å². The first kappa shape index (κ1) is 11.0. The first-order valence-corrected chi connectivity index (χ1v) is 5.43. The normalized spacial score (nSPS) is 23.3. The summed E-state index contributed by atoms with van der Waals surface area (Å²) in [7, 11) is 1.77. The molecule has 0 saturated heterocycles. The molecule has 0 spiro atoms. The van der Waals surface area contributed by atoms with Gasteiger partial charge in [0.2, 0.25) is 0 Å². The number of rotatable bonds is 5. The number of hydrogen-bond acceptors (Lipinski definition) is 2. The summed E-state index contributed by atoms with van der Waals surface area (Å²) in [5, 5.41) is 3.71. The van der Waals surface area contributed by atoms with Crippen molar-refractivity contribution in [3.63, 3.8) is 0 Å². The lowest BCUT2D eigenvalue weighted by Gasteiger charge is -2.29. The Balaban J connectivity index is 2.21. The van der Waals surface area contributed by atoms with E-state index in [1.54, 1.807) is 7.11 Å². The number of nitrogens with one attached hydrogen (secondary N) is 1. The van der Waals surface area contributed by atoms with Gasteiger partial charge in [0.05, 0.1) is 0 Å². The number of hydrogen-bond donors (Lipinski definition) is 1. The van der Waals surface area contributed by atoms with Crippen molar-refractivity contribution in [1.82, 2.24) is 5.32 Å². The van der Waals surface area contributed by atoms with Crippen LogP contribution in [0.3, 0.4) is 0 Å². The van der Waals surface area contributed by atoms with Crippen molar-refractivity contribution in [2.24, 2.45) is 0 Å². The average Bonchev–Trinajstić information content (AvgIpc) is 2.48. The van der Waals surface area contributed by atoms with Gasteiger partial charge in [-0.25, -0.2) is 0 Å². The van der Waals surface area contributed by atoms with Crippen LogP contribution >= 0.6 is 0 Å². The monoisotopic (exact) mass is 185 g/mol. The Morgan fingerprint density at radius 2 is 2.00 bits per heavy atom. The fraction of sp³-hybridized carbons (Fsp3) is 1.00. The average molecular weight is 185 g/mol. The Kier molecular flexibility index (Phi) is 4.20. The zero-order valence-electron chi connectivity index (χ0n) is 9.23. The van der Waals surface area contributed by atoms with E-state index in [0.29, 0.717) is 11.6 Å². The molecule has 78 valence electrons. The fourth-order valence-electron chi connectivity index (χ4n) is 2.26. The maximum absolute atomic E-state index is 5.07. The van der Waals surface area contributed by atoms with Gasteiger partial charge in [0.1, 0.15) is 0 Å². The number of ether oxygens (including phenoxy) is 1. The van der Waals surface area contributed by atoms with E-state index >= 15 is 0 Å². The van der Waals surface area contributed by atoms with Gasteiger partial charge in [-0.05, 0) is 33.1 Å². The Bertz CT molecular complexity index is 141. The summed E-state index contributed by atoms with van der Waals surface area (Å²) >= 11 is 0. The van der Waals surface area contributed by atoms with E-state index in [2.05, 4.69) is 19.2 Å². The zero-order chi connectivity index (χ0) is 9.73. The molecule has 1 unspecified atom stereocenters. The van der Waals surface area contributed by atoms with Crippen LogP contribution in [0.1, 0.15) is 46.0 Å². The van der Waals surface area contributed by atoms with Gasteiger partial charge < -0.3 is 10.1 Å². The Hall–Kier alpha value is -0.0800. The SMILES string of the molecule is COCCC(C)NC1(C)CCCC1. The number of methoxy groups -OCH3 is 1. The summed E-state index contributed by atoms with van der Waals surface area (Å²) in [6, 6.07) is 0.586. The highest BCUT2D eigenvalue weighted by Crippen LogP contribution is 2.29. The summed E-state index contributed by atoms with van der Waals surface area (Å²) in [6.07, 6.45) is 6.57. The predicted molar refractivity (Wildman–Crippen MR) is 56.0 cm³/mol. The largest absolute Gasteiger partial charge is 0.385 e. The van der Waals surface area contributed by atoms with E-state index in [1.807, 2.05) is 0 Å². The van der Waals surface area contributed by atoms with Crippen LogP contribution < -0.4 is 5.32 Å². The van der Waals surface area contributed by atoms with Gasteiger partial charge >= 0.3 is 0 Å². The molecular weight excluding hydrogens is 162 g/mol. The predicted octanol–water partition coefficient (Wildman–Crippen LogP) is 2.33. The van der Waals surface area contributed by atoms with Crippen molar-refractivity contribution in [3.05, 3.63) is 0 Å². The van der Waals surface area contributed by atoms with Crippen molar-refractivity contribution in [3.8, 4) is 0 Å². The molecule has 1 fully saturated rings. The van der Waals surface area contributed by atoms with Crippen LogP contribution in [0.15, 0.2) is 0 Å². The molecule has 1 rings (SSSR count). The lowest BCUT2D eigenvalue weighted by atomic mass is 9.99. The van der Waals surface area contributed by atoms with Gasteiger partial charge in [-0.2, -0.15) is 0 Å². The maximum atomic E-state index is 5.07. The minimum atomic E-state index is 0.410. The molecule has 0 radical (unpaired) electrons. The molecule has 2 nitrogen and oxygen atoms in total. The molecular formula is C11H23NO. The zero-order valence-corrected chi connectivity index (χ0v) is 9.23. The first-order valence-electron chi connectivity index (χ1n) is 5.43. The minimum Gasteiger partial charge on any atom is -0.385 e. The van der Waals surface area contributed by atoms with Crippen LogP contribution in [-0.2, 0) is 4.74 Å². The van der Waals surface area contributed by atoms with Crippen LogP contribution in [-0.4, -0.2) is 25.3 Å².